The molecule has 0 saturated carbocycles. The van der Waals surface area contributed by atoms with Gasteiger partial charge in [0.15, 0.2) is 11.6 Å². The number of benzene rings is 1. The first-order chi connectivity index (χ1) is 16.6. The molecule has 34 heavy (non-hydrogen) atoms. The van der Waals surface area contributed by atoms with E-state index in [4.69, 9.17) is 19.1 Å². The molecule has 4 rings (SSSR count). The highest BCUT2D eigenvalue weighted by Gasteiger charge is 2.19. The number of rotatable bonds is 11. The molecule has 8 heteroatoms. The molecule has 1 aliphatic heterocycles. The number of nitrogens with one attached hydrogen (secondary N) is 1. The van der Waals surface area contributed by atoms with Crippen molar-refractivity contribution in [2.45, 2.75) is 39.2 Å². The molecule has 1 N–H and O–H groups in total. The van der Waals surface area contributed by atoms with Crippen molar-refractivity contribution in [3.05, 3.63) is 42.7 Å². The second kappa shape index (κ2) is 11.9. The van der Waals surface area contributed by atoms with Gasteiger partial charge in [-0.1, -0.05) is 19.1 Å². The number of carbonyl (C=O) groups is 1. The first-order valence-electron chi connectivity index (χ1n) is 12.3. The van der Waals surface area contributed by atoms with E-state index >= 15 is 0 Å². The zero-order valence-electron chi connectivity index (χ0n) is 20.2. The van der Waals surface area contributed by atoms with Crippen LogP contribution in [0.25, 0.3) is 22.5 Å². The number of hydrogen-bond acceptors (Lipinski definition) is 7. The average Bonchev–Trinajstić information content (AvgIpc) is 3.41. The van der Waals surface area contributed by atoms with Crippen LogP contribution in [0.1, 0.15) is 33.1 Å². The monoisotopic (exact) mass is 465 g/mol. The number of carbonyl (C=O) groups excluding carboxylic acids is 1. The second-order valence-corrected chi connectivity index (χ2v) is 8.79. The Morgan fingerprint density at radius 2 is 1.97 bits per heavy atom. The Morgan fingerprint density at radius 3 is 2.74 bits per heavy atom. The molecular weight excluding hydrogens is 430 g/mol. The summed E-state index contributed by atoms with van der Waals surface area (Å²) in [6, 6.07) is 11.9. The van der Waals surface area contributed by atoms with Gasteiger partial charge in [0.25, 0.3) is 0 Å². The lowest BCUT2D eigenvalue weighted by molar-refractivity contribution is -0.121. The maximum Gasteiger partial charge on any atom is 0.221 e. The van der Waals surface area contributed by atoms with Gasteiger partial charge < -0.3 is 19.4 Å². The van der Waals surface area contributed by atoms with Crippen LogP contribution < -0.4 is 10.2 Å². The highest BCUT2D eigenvalue weighted by Crippen LogP contribution is 2.28. The summed E-state index contributed by atoms with van der Waals surface area (Å²) in [4.78, 5) is 26.9. The Balaban J connectivity index is 1.57. The number of amides is 1. The van der Waals surface area contributed by atoms with Gasteiger partial charge >= 0.3 is 0 Å². The fraction of sp³-hybridized carbons (Fsp3) is 0.500. The number of fused-ring (bicyclic) bond motifs is 1. The predicted molar refractivity (Wildman–Crippen MR) is 134 cm³/mol. The molecule has 0 unspecified atom stereocenters. The minimum absolute atomic E-state index is 0.0668. The van der Waals surface area contributed by atoms with Crippen molar-refractivity contribution in [1.82, 2.24) is 20.2 Å². The zero-order chi connectivity index (χ0) is 23.8. The lowest BCUT2D eigenvalue weighted by atomic mass is 10.2. The molecule has 0 spiro atoms. The third kappa shape index (κ3) is 6.33. The lowest BCUT2D eigenvalue weighted by Crippen LogP contribution is -2.39. The van der Waals surface area contributed by atoms with E-state index in [1.54, 1.807) is 6.26 Å². The zero-order valence-corrected chi connectivity index (χ0v) is 20.2. The summed E-state index contributed by atoms with van der Waals surface area (Å²) < 4.78 is 11.1. The molecule has 182 valence electrons. The molecule has 3 heterocycles. The second-order valence-electron chi connectivity index (χ2n) is 8.79. The van der Waals surface area contributed by atoms with E-state index in [1.807, 2.05) is 43.3 Å². The fourth-order valence-corrected chi connectivity index (χ4v) is 4.14. The van der Waals surface area contributed by atoms with Crippen LogP contribution in [0.5, 0.6) is 0 Å². The van der Waals surface area contributed by atoms with Gasteiger partial charge in [0, 0.05) is 50.6 Å². The first kappa shape index (κ1) is 24.2. The van der Waals surface area contributed by atoms with E-state index in [1.165, 1.54) is 0 Å². The topological polar surface area (TPSA) is 83.7 Å². The summed E-state index contributed by atoms with van der Waals surface area (Å²) >= 11 is 0. The molecule has 1 amide bonds. The molecular formula is C26H35N5O3. The van der Waals surface area contributed by atoms with Gasteiger partial charge in [0.2, 0.25) is 5.91 Å². The van der Waals surface area contributed by atoms with Crippen LogP contribution in [0.3, 0.4) is 0 Å². The Labute approximate surface area is 201 Å². The molecule has 1 saturated heterocycles. The van der Waals surface area contributed by atoms with E-state index in [0.29, 0.717) is 24.6 Å². The number of para-hydroxylation sites is 1. The Kier molecular flexibility index (Phi) is 8.49. The minimum atomic E-state index is 0.0668. The molecule has 1 fully saturated rings. The van der Waals surface area contributed by atoms with Crippen molar-refractivity contribution in [3.8, 4) is 11.6 Å². The van der Waals surface area contributed by atoms with Crippen molar-refractivity contribution in [2.75, 3.05) is 50.8 Å². The van der Waals surface area contributed by atoms with Crippen LogP contribution in [0, 0.1) is 0 Å². The summed E-state index contributed by atoms with van der Waals surface area (Å²) in [5.41, 5.74) is 0.862. The van der Waals surface area contributed by atoms with Gasteiger partial charge in [-0.25, -0.2) is 9.97 Å². The van der Waals surface area contributed by atoms with E-state index in [9.17, 15) is 4.79 Å². The molecule has 1 aliphatic rings. The smallest absolute Gasteiger partial charge is 0.221 e. The van der Waals surface area contributed by atoms with Crippen molar-refractivity contribution < 1.29 is 13.9 Å². The number of aromatic nitrogens is 2. The van der Waals surface area contributed by atoms with Crippen molar-refractivity contribution >= 4 is 22.6 Å². The maximum absolute atomic E-state index is 12.6. The molecule has 0 bridgehead atoms. The van der Waals surface area contributed by atoms with Crippen LogP contribution in [0.2, 0.25) is 0 Å². The number of anilines is 1. The maximum atomic E-state index is 12.6. The third-order valence-electron chi connectivity index (χ3n) is 6.26. The molecule has 0 radical (unpaired) electrons. The van der Waals surface area contributed by atoms with E-state index in [2.05, 4.69) is 22.0 Å². The largest absolute Gasteiger partial charge is 0.461 e. The summed E-state index contributed by atoms with van der Waals surface area (Å²) in [6.45, 7) is 10.0. The van der Waals surface area contributed by atoms with Crippen molar-refractivity contribution in [3.63, 3.8) is 0 Å². The molecule has 8 nitrogen and oxygen atoms in total. The van der Waals surface area contributed by atoms with Gasteiger partial charge in [-0.3, -0.25) is 9.69 Å². The van der Waals surface area contributed by atoms with Gasteiger partial charge in [-0.05, 0) is 44.0 Å². The molecule has 0 aliphatic carbocycles. The van der Waals surface area contributed by atoms with Gasteiger partial charge in [0.1, 0.15) is 5.82 Å². The summed E-state index contributed by atoms with van der Waals surface area (Å²) in [6.07, 6.45) is 3.93. The van der Waals surface area contributed by atoms with Crippen LogP contribution >= 0.6 is 0 Å². The number of morpholine rings is 1. The number of ether oxygens (including phenoxy) is 1. The fourth-order valence-electron chi connectivity index (χ4n) is 4.14. The quantitative estimate of drug-likeness (QED) is 0.462. The molecule has 2 aromatic heterocycles. The molecule has 1 aromatic carbocycles. The average molecular weight is 466 g/mol. The Morgan fingerprint density at radius 1 is 1.15 bits per heavy atom. The van der Waals surface area contributed by atoms with E-state index < -0.39 is 0 Å². The minimum Gasteiger partial charge on any atom is -0.461 e. The van der Waals surface area contributed by atoms with E-state index in [0.717, 1.165) is 69.0 Å². The third-order valence-corrected chi connectivity index (χ3v) is 6.26. The van der Waals surface area contributed by atoms with Crippen LogP contribution in [-0.2, 0) is 9.53 Å². The Hall–Kier alpha value is -2.97. The van der Waals surface area contributed by atoms with Crippen LogP contribution in [-0.4, -0.2) is 72.8 Å². The van der Waals surface area contributed by atoms with Gasteiger partial charge in [0.05, 0.1) is 25.0 Å². The summed E-state index contributed by atoms with van der Waals surface area (Å²) in [5, 5.41) is 4.06. The van der Waals surface area contributed by atoms with Crippen LogP contribution in [0.15, 0.2) is 47.1 Å². The first-order valence-corrected chi connectivity index (χ1v) is 12.3. The highest BCUT2D eigenvalue weighted by molar-refractivity contribution is 5.91. The van der Waals surface area contributed by atoms with Crippen molar-refractivity contribution in [2.24, 2.45) is 0 Å². The molecule has 3 aromatic rings. The van der Waals surface area contributed by atoms with Gasteiger partial charge in [-0.2, -0.15) is 0 Å². The standard InChI is InChI=1S/C26H35N5O3/c1-3-20(2)27-24(32)11-14-31(13-7-12-30-15-18-33-19-16-30)26-21-8-4-5-9-22(21)28-25(29-26)23-10-6-17-34-23/h4-6,8-10,17,20H,3,7,11-16,18-19H2,1-2H3,(H,27,32)/t20-/m1/s1. The number of furan rings is 1. The number of hydrogen-bond donors (Lipinski definition) is 1. The SMILES string of the molecule is CC[C@@H](C)NC(=O)CCN(CCCN1CCOCC1)c1nc(-c2ccco2)nc2ccccc12. The normalized spacial score (nSPS) is 15.4. The van der Waals surface area contributed by atoms with Crippen molar-refractivity contribution in [1.29, 1.82) is 0 Å². The lowest BCUT2D eigenvalue weighted by Gasteiger charge is -2.29. The highest BCUT2D eigenvalue weighted by atomic mass is 16.5. The van der Waals surface area contributed by atoms with Crippen LogP contribution in [0.4, 0.5) is 5.82 Å². The molecule has 1 atom stereocenters. The van der Waals surface area contributed by atoms with Gasteiger partial charge in [-0.15, -0.1) is 0 Å². The summed E-state index contributed by atoms with van der Waals surface area (Å²) in [5.74, 6) is 2.10. The Bertz CT molecular complexity index is 1050. The number of nitrogens with zero attached hydrogens (tertiary/aromatic N) is 4. The predicted octanol–water partition coefficient (Wildman–Crippen LogP) is 3.72. The summed E-state index contributed by atoms with van der Waals surface area (Å²) in [7, 11) is 0. The van der Waals surface area contributed by atoms with E-state index in [-0.39, 0.29) is 11.9 Å².